The Labute approximate surface area is 64.7 Å². The van der Waals surface area contributed by atoms with E-state index in [1.54, 1.807) is 11.3 Å². The van der Waals surface area contributed by atoms with Gasteiger partial charge >= 0.3 is 0 Å². The van der Waals surface area contributed by atoms with E-state index < -0.39 is 0 Å². The number of hydrogen-bond acceptors (Lipinski definition) is 3. The molecule has 0 amide bonds. The minimum absolute atomic E-state index is 0.0551. The molecule has 4 heteroatoms. The molecule has 0 aliphatic carbocycles. The molecular formula is C4H4INOS. The lowest BCUT2D eigenvalue weighted by Gasteiger charge is -1.78. The molecule has 1 aromatic heterocycles. The molecule has 0 atom stereocenters. The number of thiazole rings is 1. The van der Waals surface area contributed by atoms with Crippen molar-refractivity contribution in [2.75, 3.05) is 0 Å². The van der Waals surface area contributed by atoms with Crippen molar-refractivity contribution in [2.24, 2.45) is 0 Å². The largest absolute Gasteiger partial charge is 0.390 e. The van der Waals surface area contributed by atoms with Crippen LogP contribution in [-0.4, -0.2) is 10.1 Å². The molecule has 1 rings (SSSR count). The fourth-order valence-electron chi connectivity index (χ4n) is 0.355. The first-order chi connectivity index (χ1) is 3.83. The van der Waals surface area contributed by atoms with E-state index in [0.717, 1.165) is 8.71 Å². The maximum absolute atomic E-state index is 8.49. The fraction of sp³-hybridized carbons (Fsp3) is 0.250. The Kier molecular flexibility index (Phi) is 2.21. The zero-order valence-electron chi connectivity index (χ0n) is 3.97. The van der Waals surface area contributed by atoms with Gasteiger partial charge in [-0.25, -0.2) is 4.98 Å². The number of aliphatic hydroxyl groups excluding tert-OH is 1. The maximum Gasteiger partial charge on any atom is 0.154 e. The highest BCUT2D eigenvalue weighted by molar-refractivity contribution is 14.1. The highest BCUT2D eigenvalue weighted by Gasteiger charge is 1.93. The first-order valence-corrected chi connectivity index (χ1v) is 3.99. The Balaban J connectivity index is 2.84. The first kappa shape index (κ1) is 6.44. The van der Waals surface area contributed by atoms with Crippen molar-refractivity contribution in [3.05, 3.63) is 14.1 Å². The van der Waals surface area contributed by atoms with Crippen LogP contribution in [0.3, 0.4) is 0 Å². The Morgan fingerprint density at radius 3 is 2.88 bits per heavy atom. The molecule has 0 spiro atoms. The zero-order chi connectivity index (χ0) is 5.98. The van der Waals surface area contributed by atoms with Gasteiger partial charge in [0.1, 0.15) is 0 Å². The van der Waals surface area contributed by atoms with E-state index in [1.807, 2.05) is 5.38 Å². The molecule has 1 N–H and O–H groups in total. The lowest BCUT2D eigenvalue weighted by atomic mass is 10.5. The van der Waals surface area contributed by atoms with Crippen LogP contribution in [0.25, 0.3) is 0 Å². The van der Waals surface area contributed by atoms with Gasteiger partial charge in [-0.3, -0.25) is 0 Å². The lowest BCUT2D eigenvalue weighted by molar-refractivity contribution is 0.277. The Hall–Kier alpha value is 0.320. The molecule has 0 saturated heterocycles. The Bertz CT molecular complexity index is 176. The Morgan fingerprint density at radius 2 is 2.62 bits per heavy atom. The summed E-state index contributed by atoms with van der Waals surface area (Å²) < 4.78 is 0.978. The van der Waals surface area contributed by atoms with Gasteiger partial charge in [0, 0.05) is 5.38 Å². The summed E-state index contributed by atoms with van der Waals surface area (Å²) in [6, 6.07) is 0. The van der Waals surface area contributed by atoms with Crippen LogP contribution in [0.4, 0.5) is 0 Å². The van der Waals surface area contributed by atoms with Crippen molar-refractivity contribution in [1.29, 1.82) is 0 Å². The quantitative estimate of drug-likeness (QED) is 0.750. The molecule has 8 heavy (non-hydrogen) atoms. The number of aliphatic hydroxyl groups is 1. The molecule has 0 unspecified atom stereocenters. The summed E-state index contributed by atoms with van der Waals surface area (Å²) in [7, 11) is 0. The number of rotatable bonds is 1. The standard InChI is InChI=1S/C4H4INOS/c5-4-6-3(1-7)2-8-4/h2,7H,1H2. The van der Waals surface area contributed by atoms with Crippen molar-refractivity contribution in [3.63, 3.8) is 0 Å². The van der Waals surface area contributed by atoms with Crippen LogP contribution in [0.2, 0.25) is 0 Å². The van der Waals surface area contributed by atoms with E-state index in [-0.39, 0.29) is 6.61 Å². The third kappa shape index (κ3) is 1.40. The van der Waals surface area contributed by atoms with E-state index in [1.165, 1.54) is 0 Å². The first-order valence-electron chi connectivity index (χ1n) is 2.03. The summed E-state index contributed by atoms with van der Waals surface area (Å²) in [5.41, 5.74) is 0.763. The monoisotopic (exact) mass is 241 g/mol. The van der Waals surface area contributed by atoms with Crippen LogP contribution < -0.4 is 0 Å². The zero-order valence-corrected chi connectivity index (χ0v) is 6.94. The van der Waals surface area contributed by atoms with Gasteiger partial charge in [0.25, 0.3) is 0 Å². The summed E-state index contributed by atoms with van der Waals surface area (Å²) >= 11 is 3.66. The summed E-state index contributed by atoms with van der Waals surface area (Å²) in [6.45, 7) is 0.0551. The molecule has 0 saturated carbocycles. The van der Waals surface area contributed by atoms with Gasteiger partial charge in [0.05, 0.1) is 12.3 Å². The summed E-state index contributed by atoms with van der Waals surface area (Å²) in [4.78, 5) is 3.98. The number of nitrogens with zero attached hydrogens (tertiary/aromatic N) is 1. The predicted molar refractivity (Wildman–Crippen MR) is 40.8 cm³/mol. The predicted octanol–water partition coefficient (Wildman–Crippen LogP) is 1.24. The van der Waals surface area contributed by atoms with Crippen LogP contribution in [-0.2, 0) is 6.61 Å². The van der Waals surface area contributed by atoms with Gasteiger partial charge in [-0.15, -0.1) is 11.3 Å². The van der Waals surface area contributed by atoms with Crippen LogP contribution in [0, 0.1) is 3.01 Å². The van der Waals surface area contributed by atoms with Gasteiger partial charge in [-0.2, -0.15) is 0 Å². The van der Waals surface area contributed by atoms with Gasteiger partial charge in [0.15, 0.2) is 3.01 Å². The average Bonchev–Trinajstić information content (AvgIpc) is 2.14. The normalized spacial score (nSPS) is 9.75. The van der Waals surface area contributed by atoms with Crippen molar-refractivity contribution in [2.45, 2.75) is 6.61 Å². The molecule has 0 radical (unpaired) electrons. The number of hydrogen-bond donors (Lipinski definition) is 1. The number of halogens is 1. The molecule has 1 aromatic rings. The minimum Gasteiger partial charge on any atom is -0.390 e. The summed E-state index contributed by atoms with van der Waals surface area (Å²) in [6.07, 6.45) is 0. The van der Waals surface area contributed by atoms with E-state index in [9.17, 15) is 0 Å². The van der Waals surface area contributed by atoms with Gasteiger partial charge in [-0.1, -0.05) is 0 Å². The third-order valence-corrected chi connectivity index (χ3v) is 2.37. The minimum atomic E-state index is 0.0551. The van der Waals surface area contributed by atoms with Gasteiger partial charge in [-0.05, 0) is 22.6 Å². The van der Waals surface area contributed by atoms with Crippen molar-refractivity contribution in [1.82, 2.24) is 4.98 Å². The smallest absolute Gasteiger partial charge is 0.154 e. The van der Waals surface area contributed by atoms with Crippen molar-refractivity contribution in [3.8, 4) is 0 Å². The van der Waals surface area contributed by atoms with Gasteiger partial charge < -0.3 is 5.11 Å². The van der Waals surface area contributed by atoms with E-state index in [2.05, 4.69) is 27.6 Å². The fourth-order valence-corrected chi connectivity index (χ4v) is 1.58. The summed E-state index contributed by atoms with van der Waals surface area (Å²) in [5.74, 6) is 0. The van der Waals surface area contributed by atoms with E-state index in [0.29, 0.717) is 0 Å². The molecular weight excluding hydrogens is 237 g/mol. The van der Waals surface area contributed by atoms with Gasteiger partial charge in [0.2, 0.25) is 0 Å². The van der Waals surface area contributed by atoms with Crippen molar-refractivity contribution >= 4 is 33.9 Å². The maximum atomic E-state index is 8.49. The molecule has 0 bridgehead atoms. The molecule has 0 aliphatic rings. The van der Waals surface area contributed by atoms with Crippen LogP contribution in [0.15, 0.2) is 5.38 Å². The third-order valence-electron chi connectivity index (χ3n) is 0.686. The Morgan fingerprint density at radius 1 is 1.88 bits per heavy atom. The SMILES string of the molecule is OCc1csc(I)n1. The topological polar surface area (TPSA) is 33.1 Å². The number of aromatic nitrogens is 1. The molecule has 44 valence electrons. The van der Waals surface area contributed by atoms with Crippen LogP contribution >= 0.6 is 33.9 Å². The average molecular weight is 241 g/mol. The molecule has 2 nitrogen and oxygen atoms in total. The van der Waals surface area contributed by atoms with Crippen molar-refractivity contribution < 1.29 is 5.11 Å². The van der Waals surface area contributed by atoms with Crippen LogP contribution in [0.1, 0.15) is 5.69 Å². The molecule has 1 heterocycles. The molecule has 0 aliphatic heterocycles. The summed E-state index contributed by atoms with van der Waals surface area (Å²) in [5, 5.41) is 10.3. The van der Waals surface area contributed by atoms with Crippen LogP contribution in [0.5, 0.6) is 0 Å². The second kappa shape index (κ2) is 2.75. The van der Waals surface area contributed by atoms with E-state index >= 15 is 0 Å². The lowest BCUT2D eigenvalue weighted by Crippen LogP contribution is -1.80. The molecule has 0 aromatic carbocycles. The second-order valence-corrected chi connectivity index (χ2v) is 3.86. The van der Waals surface area contributed by atoms with E-state index in [4.69, 9.17) is 5.11 Å². The highest BCUT2D eigenvalue weighted by Crippen LogP contribution is 2.10. The highest BCUT2D eigenvalue weighted by atomic mass is 127. The molecule has 0 fully saturated rings. The second-order valence-electron chi connectivity index (χ2n) is 1.25.